The van der Waals surface area contributed by atoms with E-state index in [1.807, 2.05) is 42.5 Å². The van der Waals surface area contributed by atoms with Crippen LogP contribution in [0.5, 0.6) is 0 Å². The number of hydrogen-bond acceptors (Lipinski definition) is 7. The van der Waals surface area contributed by atoms with Crippen LogP contribution in [0.2, 0.25) is 0 Å². The number of sulfone groups is 1. The fraction of sp³-hybridized carbons (Fsp3) is 0.348. The lowest BCUT2D eigenvalue weighted by molar-refractivity contribution is 0.102. The summed E-state index contributed by atoms with van der Waals surface area (Å²) in [4.78, 5) is 19.3. The van der Waals surface area contributed by atoms with E-state index >= 15 is 0 Å². The molecule has 0 radical (unpaired) electrons. The highest BCUT2D eigenvalue weighted by molar-refractivity contribution is 7.91. The van der Waals surface area contributed by atoms with Gasteiger partial charge in [-0.25, -0.2) is 8.42 Å². The number of hydrogen-bond donors (Lipinski definition) is 1. The van der Waals surface area contributed by atoms with E-state index in [9.17, 15) is 13.2 Å². The van der Waals surface area contributed by atoms with Crippen LogP contribution in [0.15, 0.2) is 53.1 Å². The van der Waals surface area contributed by atoms with Gasteiger partial charge in [0, 0.05) is 42.4 Å². The smallest absolute Gasteiger partial charge is 0.257 e. The van der Waals surface area contributed by atoms with E-state index in [0.717, 1.165) is 29.8 Å². The molecule has 9 heteroatoms. The molecule has 1 aliphatic carbocycles. The molecule has 1 aromatic heterocycles. The third-order valence-electron chi connectivity index (χ3n) is 5.81. The Balaban J connectivity index is 1.21. The largest absolute Gasteiger partial charge is 0.334 e. The summed E-state index contributed by atoms with van der Waals surface area (Å²) in [6, 6.07) is 14.7. The SMILES string of the molecule is O=C(Nc1ccc(-c2nc(C3CC3)no2)cc1)c1cccc(CN2CCS(=O)(=O)CC2)c1. The molecule has 0 bridgehead atoms. The van der Waals surface area contributed by atoms with E-state index in [0.29, 0.717) is 42.7 Å². The van der Waals surface area contributed by atoms with Crippen LogP contribution in [0.1, 0.15) is 40.5 Å². The topological polar surface area (TPSA) is 105 Å². The lowest BCUT2D eigenvalue weighted by atomic mass is 10.1. The molecule has 2 heterocycles. The molecule has 0 atom stereocenters. The van der Waals surface area contributed by atoms with E-state index < -0.39 is 9.84 Å². The number of nitrogens with zero attached hydrogens (tertiary/aromatic N) is 3. The van der Waals surface area contributed by atoms with E-state index in [4.69, 9.17) is 4.52 Å². The quantitative estimate of drug-likeness (QED) is 0.613. The van der Waals surface area contributed by atoms with Crippen molar-refractivity contribution in [1.82, 2.24) is 15.0 Å². The van der Waals surface area contributed by atoms with Crippen LogP contribution in [0, 0.1) is 0 Å². The average Bonchev–Trinajstić information content (AvgIpc) is 3.53. The summed E-state index contributed by atoms with van der Waals surface area (Å²) >= 11 is 0. The van der Waals surface area contributed by atoms with Gasteiger partial charge < -0.3 is 9.84 Å². The second-order valence-corrected chi connectivity index (χ2v) is 10.7. The third-order valence-corrected chi connectivity index (χ3v) is 7.42. The molecule has 0 spiro atoms. The number of aromatic nitrogens is 2. The molecule has 1 saturated heterocycles. The van der Waals surface area contributed by atoms with Crippen LogP contribution in [0.4, 0.5) is 5.69 Å². The monoisotopic (exact) mass is 452 g/mol. The van der Waals surface area contributed by atoms with Crippen molar-refractivity contribution in [3.05, 3.63) is 65.5 Å². The minimum absolute atomic E-state index is 0.189. The Morgan fingerprint density at radius 1 is 1.09 bits per heavy atom. The lowest BCUT2D eigenvalue weighted by Crippen LogP contribution is -2.39. The molecule has 1 amide bonds. The number of carbonyl (C=O) groups is 1. The second kappa shape index (κ2) is 8.48. The molecular weight excluding hydrogens is 428 g/mol. The number of carbonyl (C=O) groups excluding carboxylic acids is 1. The van der Waals surface area contributed by atoms with Gasteiger partial charge in [0.1, 0.15) is 0 Å². The molecule has 1 saturated carbocycles. The number of anilines is 1. The number of benzene rings is 2. The molecule has 166 valence electrons. The molecular formula is C23H24N4O4S. The Kier molecular flexibility index (Phi) is 5.52. The van der Waals surface area contributed by atoms with E-state index in [2.05, 4.69) is 20.4 Å². The van der Waals surface area contributed by atoms with Crippen molar-refractivity contribution in [2.45, 2.75) is 25.3 Å². The van der Waals surface area contributed by atoms with Gasteiger partial charge in [-0.2, -0.15) is 4.98 Å². The van der Waals surface area contributed by atoms with Gasteiger partial charge in [-0.1, -0.05) is 17.3 Å². The first-order valence-corrected chi connectivity index (χ1v) is 12.5. The Labute approximate surface area is 186 Å². The number of nitrogens with one attached hydrogen (secondary N) is 1. The summed E-state index contributed by atoms with van der Waals surface area (Å²) in [5, 5.41) is 6.95. The second-order valence-electron chi connectivity index (χ2n) is 8.39. The molecule has 0 unspecified atom stereocenters. The van der Waals surface area contributed by atoms with Crippen LogP contribution >= 0.6 is 0 Å². The highest BCUT2D eigenvalue weighted by atomic mass is 32.2. The van der Waals surface area contributed by atoms with Gasteiger partial charge >= 0.3 is 0 Å². The summed E-state index contributed by atoms with van der Waals surface area (Å²) in [6.07, 6.45) is 2.23. The summed E-state index contributed by atoms with van der Waals surface area (Å²) < 4.78 is 28.6. The Bertz CT molecular complexity index is 1220. The normalized spacial score (nSPS) is 18.4. The molecule has 5 rings (SSSR count). The van der Waals surface area contributed by atoms with Crippen molar-refractivity contribution < 1.29 is 17.7 Å². The number of amides is 1. The molecule has 1 aliphatic heterocycles. The Morgan fingerprint density at radius 3 is 2.56 bits per heavy atom. The minimum atomic E-state index is -2.90. The van der Waals surface area contributed by atoms with Crippen molar-refractivity contribution in [3.8, 4) is 11.5 Å². The van der Waals surface area contributed by atoms with E-state index in [-0.39, 0.29) is 17.4 Å². The minimum Gasteiger partial charge on any atom is -0.334 e. The van der Waals surface area contributed by atoms with Gasteiger partial charge in [0.15, 0.2) is 15.7 Å². The zero-order valence-corrected chi connectivity index (χ0v) is 18.3. The fourth-order valence-electron chi connectivity index (χ4n) is 3.74. The number of rotatable bonds is 6. The molecule has 3 aromatic rings. The van der Waals surface area contributed by atoms with Gasteiger partial charge in [-0.05, 0) is 54.8 Å². The van der Waals surface area contributed by atoms with Crippen molar-refractivity contribution in [1.29, 1.82) is 0 Å². The standard InChI is InChI=1S/C23H24N4O4S/c28-22(19-3-1-2-16(14-19)15-27-10-12-32(29,30)13-11-27)24-20-8-6-18(7-9-20)23-25-21(26-31-23)17-4-5-17/h1-3,6-9,14,17H,4-5,10-13,15H2,(H,24,28). The predicted octanol–water partition coefficient (Wildman–Crippen LogP) is 3.10. The molecule has 2 aliphatic rings. The third kappa shape index (κ3) is 4.89. The molecule has 2 aromatic carbocycles. The van der Waals surface area contributed by atoms with Crippen LogP contribution in [0.3, 0.4) is 0 Å². The van der Waals surface area contributed by atoms with Crippen LogP contribution in [-0.4, -0.2) is 54.0 Å². The summed E-state index contributed by atoms with van der Waals surface area (Å²) in [7, 11) is -2.90. The first-order chi connectivity index (χ1) is 15.4. The van der Waals surface area contributed by atoms with Gasteiger partial charge in [-0.3, -0.25) is 9.69 Å². The van der Waals surface area contributed by atoms with Crippen molar-refractivity contribution in [2.24, 2.45) is 0 Å². The first-order valence-electron chi connectivity index (χ1n) is 10.7. The Hall–Kier alpha value is -3.04. The van der Waals surface area contributed by atoms with Gasteiger partial charge in [0.25, 0.3) is 11.8 Å². The van der Waals surface area contributed by atoms with Crippen LogP contribution < -0.4 is 5.32 Å². The van der Waals surface area contributed by atoms with E-state index in [1.54, 1.807) is 6.07 Å². The van der Waals surface area contributed by atoms with Gasteiger partial charge in [0.2, 0.25) is 0 Å². The molecule has 1 N–H and O–H groups in total. The van der Waals surface area contributed by atoms with Crippen molar-refractivity contribution >= 4 is 21.4 Å². The molecule has 2 fully saturated rings. The molecule has 8 nitrogen and oxygen atoms in total. The lowest BCUT2D eigenvalue weighted by Gasteiger charge is -2.26. The predicted molar refractivity (Wildman–Crippen MR) is 120 cm³/mol. The maximum absolute atomic E-state index is 12.7. The maximum atomic E-state index is 12.7. The van der Waals surface area contributed by atoms with E-state index in [1.165, 1.54) is 0 Å². The summed E-state index contributed by atoms with van der Waals surface area (Å²) in [5.74, 6) is 1.87. The van der Waals surface area contributed by atoms with Crippen molar-refractivity contribution in [2.75, 3.05) is 29.9 Å². The van der Waals surface area contributed by atoms with Gasteiger partial charge in [0.05, 0.1) is 11.5 Å². The molecule has 32 heavy (non-hydrogen) atoms. The zero-order chi connectivity index (χ0) is 22.1. The first kappa shape index (κ1) is 20.8. The van der Waals surface area contributed by atoms with Crippen LogP contribution in [0.25, 0.3) is 11.5 Å². The highest BCUT2D eigenvalue weighted by Crippen LogP contribution is 2.38. The average molecular weight is 453 g/mol. The maximum Gasteiger partial charge on any atom is 0.257 e. The Morgan fingerprint density at radius 2 is 1.84 bits per heavy atom. The van der Waals surface area contributed by atoms with Gasteiger partial charge in [-0.15, -0.1) is 0 Å². The van der Waals surface area contributed by atoms with Crippen molar-refractivity contribution in [3.63, 3.8) is 0 Å². The summed E-state index contributed by atoms with van der Waals surface area (Å²) in [6.45, 7) is 1.67. The fourth-order valence-corrected chi connectivity index (χ4v) is 5.01. The van der Waals surface area contributed by atoms with Crippen LogP contribution in [-0.2, 0) is 16.4 Å². The zero-order valence-electron chi connectivity index (χ0n) is 17.5. The summed E-state index contributed by atoms with van der Waals surface area (Å²) in [5.41, 5.74) is 3.03. The highest BCUT2D eigenvalue weighted by Gasteiger charge is 2.29.